The molecule has 12 heteroatoms. The van der Waals surface area contributed by atoms with Crippen LogP contribution in [-0.2, 0) is 4.79 Å². The number of benzene rings is 3. The summed E-state index contributed by atoms with van der Waals surface area (Å²) in [6.45, 7) is 21.5. The van der Waals surface area contributed by atoms with Crippen LogP contribution in [0.2, 0.25) is 0 Å². The molecule has 0 fully saturated rings. The summed E-state index contributed by atoms with van der Waals surface area (Å²) in [5.41, 5.74) is 3.32. The third kappa shape index (κ3) is 6.42. The molecule has 0 amide bonds. The van der Waals surface area contributed by atoms with Crippen LogP contribution in [0.5, 0.6) is 34.5 Å². The minimum Gasteiger partial charge on any atom is -0.511 e. The van der Waals surface area contributed by atoms with Gasteiger partial charge < -0.3 is 40.1 Å². The van der Waals surface area contributed by atoms with Crippen molar-refractivity contribution in [3.05, 3.63) is 78.1 Å². The lowest BCUT2D eigenvalue weighted by Crippen LogP contribution is -2.38. The van der Waals surface area contributed by atoms with Crippen molar-refractivity contribution < 1.29 is 49.7 Å². The zero-order valence-corrected chi connectivity index (χ0v) is 32.8. The molecule has 3 aromatic carbocycles. The first-order valence-electron chi connectivity index (χ1n) is 16.3. The molecule has 1 aliphatic carbocycles. The van der Waals surface area contributed by atoms with Gasteiger partial charge in [-0.25, -0.2) is 9.59 Å². The normalized spacial score (nSPS) is 15.8. The highest BCUT2D eigenvalue weighted by atomic mass is 33.1. The van der Waals surface area contributed by atoms with Crippen LogP contribution in [0.25, 0.3) is 0 Å². The van der Waals surface area contributed by atoms with Gasteiger partial charge in [0.2, 0.25) is 0 Å². The Balaban J connectivity index is 1.83. The number of phenolic OH excluding ortho intramolecular Hbond substituents is 4. The molecule has 51 heavy (non-hydrogen) atoms. The molecule has 0 saturated carbocycles. The van der Waals surface area contributed by atoms with E-state index in [1.54, 1.807) is 83.1 Å². The summed E-state index contributed by atoms with van der Waals surface area (Å²) in [6.07, 6.45) is -1.01. The summed E-state index contributed by atoms with van der Waals surface area (Å²) in [5.74, 6) is -2.62. The van der Waals surface area contributed by atoms with E-state index in [0.717, 1.165) is 0 Å². The number of aliphatic hydroxyl groups excluding tert-OH is 2. The quantitative estimate of drug-likeness (QED) is 0.0774. The number of carbonyl (C=O) groups is 2. The monoisotopic (exact) mass is 738 g/mol. The molecular weight excluding hydrogens is 693 g/mol. The van der Waals surface area contributed by atoms with Crippen molar-refractivity contribution in [2.24, 2.45) is 5.41 Å². The van der Waals surface area contributed by atoms with Gasteiger partial charge in [0.1, 0.15) is 39.9 Å². The second kappa shape index (κ2) is 14.0. The van der Waals surface area contributed by atoms with Crippen molar-refractivity contribution >= 4 is 33.5 Å². The Morgan fingerprint density at radius 3 is 1.39 bits per heavy atom. The summed E-state index contributed by atoms with van der Waals surface area (Å²) in [7, 11) is 2.37. The number of ether oxygens (including phenoxy) is 2. The molecule has 274 valence electrons. The average Bonchev–Trinajstić information content (AvgIpc) is 3.08. The maximum atomic E-state index is 13.9. The fraction of sp³-hybridized carbons (Fsp3) is 0.385. The average molecular weight is 739 g/mol. The number of carbonyl (C=O) groups excluding carboxylic acids is 2. The van der Waals surface area contributed by atoms with Gasteiger partial charge in [-0.05, 0) is 156 Å². The van der Waals surface area contributed by atoms with Crippen molar-refractivity contribution in [1.82, 2.24) is 0 Å². The molecule has 6 N–H and O–H groups in total. The third-order valence-electron chi connectivity index (χ3n) is 10.5. The molecule has 1 unspecified atom stereocenters. The summed E-state index contributed by atoms with van der Waals surface area (Å²) in [4.78, 5) is 28.5. The summed E-state index contributed by atoms with van der Waals surface area (Å²) in [5, 5.41) is 65.2. The van der Waals surface area contributed by atoms with Gasteiger partial charge in [0.15, 0.2) is 11.5 Å². The number of hydrogen-bond acceptors (Lipinski definition) is 12. The van der Waals surface area contributed by atoms with Crippen LogP contribution in [-0.4, -0.2) is 48.7 Å². The molecule has 0 aliphatic heterocycles. The van der Waals surface area contributed by atoms with E-state index in [-0.39, 0.29) is 62.3 Å². The first-order chi connectivity index (χ1) is 23.5. The largest absolute Gasteiger partial charge is 0.511 e. The Hall–Kier alpha value is -4.26. The number of aliphatic hydroxyl groups is 2. The zero-order valence-electron chi connectivity index (χ0n) is 31.2. The van der Waals surface area contributed by atoms with E-state index >= 15 is 0 Å². The smallest absolute Gasteiger partial charge is 0.347 e. The second-order valence-electron chi connectivity index (χ2n) is 13.8. The Bertz CT molecular complexity index is 2060. The van der Waals surface area contributed by atoms with E-state index in [0.29, 0.717) is 54.3 Å². The first-order valence-corrected chi connectivity index (χ1v) is 18.4. The summed E-state index contributed by atoms with van der Waals surface area (Å²) in [6, 6.07) is 0. The molecular formula is C39H46O10S2. The Morgan fingerprint density at radius 1 is 0.549 bits per heavy atom. The van der Waals surface area contributed by atoms with Crippen molar-refractivity contribution in [3.8, 4) is 34.5 Å². The predicted octanol–water partition coefficient (Wildman–Crippen LogP) is 8.76. The van der Waals surface area contributed by atoms with Gasteiger partial charge in [0.05, 0.1) is 21.3 Å². The minimum absolute atomic E-state index is 0.0537. The van der Waals surface area contributed by atoms with Crippen molar-refractivity contribution in [1.29, 1.82) is 0 Å². The molecule has 1 aliphatic rings. The lowest BCUT2D eigenvalue weighted by Gasteiger charge is -2.36. The number of phenols is 4. The second-order valence-corrected chi connectivity index (χ2v) is 16.0. The number of rotatable bonds is 7. The van der Waals surface area contributed by atoms with Gasteiger partial charge in [0, 0.05) is 16.7 Å². The van der Waals surface area contributed by atoms with Gasteiger partial charge >= 0.3 is 11.9 Å². The summed E-state index contributed by atoms with van der Waals surface area (Å²) >= 11 is 0. The number of aromatic hydroxyl groups is 4. The van der Waals surface area contributed by atoms with Gasteiger partial charge in [-0.3, -0.25) is 0 Å². The maximum absolute atomic E-state index is 13.9. The van der Waals surface area contributed by atoms with Crippen LogP contribution in [0.4, 0.5) is 0 Å². The van der Waals surface area contributed by atoms with Gasteiger partial charge in [-0.15, -0.1) is 0 Å². The topological polar surface area (TPSA) is 174 Å². The molecule has 3 aromatic rings. The van der Waals surface area contributed by atoms with E-state index < -0.39 is 29.2 Å². The number of esters is 2. The van der Waals surface area contributed by atoms with Crippen molar-refractivity contribution in [3.63, 3.8) is 0 Å². The van der Waals surface area contributed by atoms with E-state index in [9.17, 15) is 40.2 Å². The molecule has 0 aromatic heterocycles. The van der Waals surface area contributed by atoms with Gasteiger partial charge in [0.25, 0.3) is 0 Å². The maximum Gasteiger partial charge on any atom is 0.347 e. The molecule has 10 nitrogen and oxygen atoms in total. The van der Waals surface area contributed by atoms with Crippen LogP contribution >= 0.6 is 21.6 Å². The highest BCUT2D eigenvalue weighted by molar-refractivity contribution is 8.76. The fourth-order valence-electron chi connectivity index (χ4n) is 6.17. The van der Waals surface area contributed by atoms with E-state index in [1.165, 1.54) is 28.5 Å². The van der Waals surface area contributed by atoms with Gasteiger partial charge in [-0.2, -0.15) is 0 Å². The molecule has 0 bridgehead atoms. The number of hydrogen-bond donors (Lipinski definition) is 6. The summed E-state index contributed by atoms with van der Waals surface area (Å²) < 4.78 is 12.0. The fourth-order valence-corrected chi connectivity index (χ4v) is 9.14. The highest BCUT2D eigenvalue weighted by Crippen LogP contribution is 2.54. The third-order valence-corrected chi connectivity index (χ3v) is 13.1. The van der Waals surface area contributed by atoms with Crippen LogP contribution in [0.1, 0.15) is 88.1 Å². The SMILES string of the molecule is CC1=C(C)C(O)C(C)(C)C(O)=C1C(=O)Oc1c(C)c(O)c(C)c(C)c1SSc1c(C)c(C)c(O)c(C)c1OC(=O)c1c(C)c(C)c(O)c(C)c1O. The lowest BCUT2D eigenvalue weighted by atomic mass is 9.72. The molecule has 4 rings (SSSR count). The standard InChI is InChI=1S/C39H46O10S2/c1-14-16(3)27(40)22(9)30(43)25(14)37(46)48-31-23(10)28(41)17(4)19(6)33(31)50-51-34-20(7)18(5)29(42)24(11)32(34)49-38(47)26-15(2)21(8)35(44)39(12,13)36(26)45/h35,40-45H,1-13H3. The minimum atomic E-state index is -1.15. The predicted molar refractivity (Wildman–Crippen MR) is 199 cm³/mol. The Kier molecular flexibility index (Phi) is 10.9. The van der Waals surface area contributed by atoms with Gasteiger partial charge in [-0.1, -0.05) is 0 Å². The van der Waals surface area contributed by atoms with E-state index in [2.05, 4.69) is 0 Å². The lowest BCUT2D eigenvalue weighted by molar-refractivity contribution is -0.130. The van der Waals surface area contributed by atoms with Crippen molar-refractivity contribution in [2.75, 3.05) is 0 Å². The highest BCUT2D eigenvalue weighted by Gasteiger charge is 2.43. The first kappa shape index (κ1) is 39.5. The Labute approximate surface area is 306 Å². The van der Waals surface area contributed by atoms with Crippen LogP contribution in [0.15, 0.2) is 32.3 Å². The van der Waals surface area contributed by atoms with E-state index in [1.807, 2.05) is 0 Å². The molecule has 0 heterocycles. The molecule has 0 radical (unpaired) electrons. The molecule has 0 saturated heterocycles. The van der Waals surface area contributed by atoms with Crippen molar-refractivity contribution in [2.45, 2.75) is 106 Å². The van der Waals surface area contributed by atoms with E-state index in [4.69, 9.17) is 9.47 Å². The Morgan fingerprint density at radius 2 is 0.941 bits per heavy atom. The van der Waals surface area contributed by atoms with Crippen LogP contribution < -0.4 is 9.47 Å². The van der Waals surface area contributed by atoms with Crippen LogP contribution in [0.3, 0.4) is 0 Å². The molecule has 1 atom stereocenters. The van der Waals surface area contributed by atoms with Crippen LogP contribution in [0, 0.1) is 67.7 Å². The molecule has 0 spiro atoms. The zero-order chi connectivity index (χ0) is 38.8.